The number of nitrogens with one attached hydrogen (secondary N) is 1. The summed E-state index contributed by atoms with van der Waals surface area (Å²) >= 11 is 0. The quantitative estimate of drug-likeness (QED) is 0.548. The number of anilines is 1. The van der Waals surface area contributed by atoms with E-state index in [1.165, 1.54) is 29.2 Å². The van der Waals surface area contributed by atoms with E-state index < -0.39 is 0 Å². The first-order chi connectivity index (χ1) is 15.2. The average Bonchev–Trinajstić information content (AvgIpc) is 3.15. The molecule has 2 bridgehead atoms. The molecule has 2 aliphatic rings. The number of pyridine rings is 1. The number of piperazine rings is 1. The summed E-state index contributed by atoms with van der Waals surface area (Å²) in [5.41, 5.74) is 4.15. The molecule has 6 rings (SSSR count). The number of nitrogens with zero attached hydrogens (tertiary/aromatic N) is 4. The van der Waals surface area contributed by atoms with Gasteiger partial charge >= 0.3 is 6.01 Å². The van der Waals surface area contributed by atoms with Crippen LogP contribution >= 0.6 is 0 Å². The van der Waals surface area contributed by atoms with Gasteiger partial charge in [-0.3, -0.25) is 4.98 Å². The predicted octanol–water partition coefficient (Wildman–Crippen LogP) is 4.10. The fourth-order valence-electron chi connectivity index (χ4n) is 5.18. The molecule has 6 heteroatoms. The molecule has 2 unspecified atom stereocenters. The maximum absolute atomic E-state index is 5.47. The van der Waals surface area contributed by atoms with Crippen LogP contribution in [-0.4, -0.2) is 47.2 Å². The van der Waals surface area contributed by atoms with E-state index in [-0.39, 0.29) is 0 Å². The van der Waals surface area contributed by atoms with Gasteiger partial charge in [0.25, 0.3) is 0 Å². The summed E-state index contributed by atoms with van der Waals surface area (Å²) < 4.78 is 5.47. The van der Waals surface area contributed by atoms with Crippen molar-refractivity contribution in [3.63, 3.8) is 0 Å². The maximum Gasteiger partial charge on any atom is 0.318 e. The molecule has 2 atom stereocenters. The Morgan fingerprint density at radius 2 is 1.81 bits per heavy atom. The second kappa shape index (κ2) is 7.17. The molecule has 4 heterocycles. The third-order valence-corrected chi connectivity index (χ3v) is 6.63. The lowest BCUT2D eigenvalue weighted by Crippen LogP contribution is -2.51. The third-order valence-electron chi connectivity index (χ3n) is 6.63. The fraction of sp³-hybridized carbons (Fsp3) is 0.320. The second-order valence-electron chi connectivity index (χ2n) is 8.64. The highest BCUT2D eigenvalue weighted by atomic mass is 16.5. The second-order valence-corrected chi connectivity index (χ2v) is 8.64. The van der Waals surface area contributed by atoms with Crippen LogP contribution in [-0.2, 0) is 0 Å². The van der Waals surface area contributed by atoms with Gasteiger partial charge in [0.05, 0.1) is 23.7 Å². The van der Waals surface area contributed by atoms with Crippen molar-refractivity contribution in [3.8, 4) is 17.3 Å². The van der Waals surface area contributed by atoms with Crippen molar-refractivity contribution in [2.75, 3.05) is 25.1 Å². The first-order valence-corrected chi connectivity index (χ1v) is 10.9. The Morgan fingerprint density at radius 1 is 1.03 bits per heavy atom. The lowest BCUT2D eigenvalue weighted by Gasteiger charge is -2.34. The molecule has 2 aromatic carbocycles. The van der Waals surface area contributed by atoms with Gasteiger partial charge in [-0.15, -0.1) is 0 Å². The van der Waals surface area contributed by atoms with Crippen molar-refractivity contribution in [3.05, 3.63) is 54.2 Å². The van der Waals surface area contributed by atoms with Crippen LogP contribution in [0.3, 0.4) is 0 Å². The topological polar surface area (TPSA) is 63.2 Å². The zero-order valence-corrected chi connectivity index (χ0v) is 17.8. The van der Waals surface area contributed by atoms with Gasteiger partial charge in [-0.2, -0.15) is 9.97 Å². The van der Waals surface area contributed by atoms with Crippen LogP contribution in [0.1, 0.15) is 18.4 Å². The Labute approximate surface area is 181 Å². The Morgan fingerprint density at radius 3 is 2.58 bits per heavy atom. The smallest absolute Gasteiger partial charge is 0.318 e. The van der Waals surface area contributed by atoms with Crippen LogP contribution in [0.15, 0.2) is 48.7 Å². The third kappa shape index (κ3) is 3.10. The first-order valence-electron chi connectivity index (χ1n) is 10.9. The van der Waals surface area contributed by atoms with Crippen molar-refractivity contribution < 1.29 is 4.74 Å². The summed E-state index contributed by atoms with van der Waals surface area (Å²) in [6.45, 7) is 4.06. The van der Waals surface area contributed by atoms with Crippen LogP contribution in [0.5, 0.6) is 6.01 Å². The van der Waals surface area contributed by atoms with Crippen LogP contribution in [0.2, 0.25) is 0 Å². The minimum absolute atomic E-state index is 0.402. The van der Waals surface area contributed by atoms with Crippen molar-refractivity contribution in [2.24, 2.45) is 0 Å². The minimum Gasteiger partial charge on any atom is -0.467 e. The van der Waals surface area contributed by atoms with E-state index in [9.17, 15) is 0 Å². The number of rotatable bonds is 3. The van der Waals surface area contributed by atoms with E-state index in [1.807, 2.05) is 6.20 Å². The highest BCUT2D eigenvalue weighted by Crippen LogP contribution is 2.34. The van der Waals surface area contributed by atoms with Crippen LogP contribution < -0.4 is 15.0 Å². The van der Waals surface area contributed by atoms with E-state index in [2.05, 4.69) is 64.6 Å². The van der Waals surface area contributed by atoms with Gasteiger partial charge in [-0.1, -0.05) is 36.4 Å². The molecular weight excluding hydrogens is 386 g/mol. The monoisotopic (exact) mass is 411 g/mol. The van der Waals surface area contributed by atoms with Gasteiger partial charge in [0.1, 0.15) is 5.82 Å². The van der Waals surface area contributed by atoms with Gasteiger partial charge in [-0.05, 0) is 42.2 Å². The number of hydrogen-bond donors (Lipinski definition) is 1. The number of hydrogen-bond acceptors (Lipinski definition) is 6. The zero-order chi connectivity index (χ0) is 20.9. The fourth-order valence-corrected chi connectivity index (χ4v) is 5.18. The standard InChI is InChI=1S/C25H25N5O/c1-15-5-3-6-16-7-4-8-19(23(15)16)21-11-22-20(12-26-21)24(29-25(28-22)31-2)30-13-17-9-10-18(14-30)27-17/h3-8,11-12,17-18,27H,9-10,13-14H2,1-2H3. The number of ether oxygens (including phenoxy) is 1. The average molecular weight is 412 g/mol. The molecule has 2 aliphatic heterocycles. The van der Waals surface area contributed by atoms with E-state index in [4.69, 9.17) is 14.7 Å². The highest BCUT2D eigenvalue weighted by Gasteiger charge is 2.33. The zero-order valence-electron chi connectivity index (χ0n) is 17.8. The van der Waals surface area contributed by atoms with Crippen molar-refractivity contribution >= 4 is 27.5 Å². The van der Waals surface area contributed by atoms with Crippen LogP contribution in [0.4, 0.5) is 5.82 Å². The number of methoxy groups -OCH3 is 1. The van der Waals surface area contributed by atoms with Crippen molar-refractivity contribution in [2.45, 2.75) is 31.8 Å². The van der Waals surface area contributed by atoms with Gasteiger partial charge in [0.2, 0.25) is 0 Å². The van der Waals surface area contributed by atoms with E-state index in [0.717, 1.165) is 41.1 Å². The van der Waals surface area contributed by atoms with Crippen molar-refractivity contribution in [1.29, 1.82) is 0 Å². The molecule has 156 valence electrons. The van der Waals surface area contributed by atoms with Crippen molar-refractivity contribution in [1.82, 2.24) is 20.3 Å². The maximum atomic E-state index is 5.47. The predicted molar refractivity (Wildman–Crippen MR) is 124 cm³/mol. The summed E-state index contributed by atoms with van der Waals surface area (Å²) in [5.74, 6) is 0.924. The Kier molecular flexibility index (Phi) is 4.28. The van der Waals surface area contributed by atoms with Gasteiger partial charge in [0, 0.05) is 36.9 Å². The minimum atomic E-state index is 0.402. The first kappa shape index (κ1) is 18.5. The normalized spacial score (nSPS) is 20.5. The molecule has 0 radical (unpaired) electrons. The number of aromatic nitrogens is 3. The van der Waals surface area contributed by atoms with Gasteiger partial charge in [-0.25, -0.2) is 0 Å². The van der Waals surface area contributed by atoms with E-state index in [0.29, 0.717) is 18.1 Å². The summed E-state index contributed by atoms with van der Waals surface area (Å²) in [7, 11) is 1.63. The molecule has 0 aliphatic carbocycles. The molecule has 4 aromatic rings. The molecule has 1 N–H and O–H groups in total. The molecule has 0 amide bonds. The molecule has 0 saturated carbocycles. The van der Waals surface area contributed by atoms with Gasteiger partial charge < -0.3 is 15.0 Å². The molecule has 2 aromatic heterocycles. The van der Waals surface area contributed by atoms with Crippen LogP contribution in [0, 0.1) is 6.92 Å². The number of benzene rings is 2. The Hall–Kier alpha value is -3.25. The largest absolute Gasteiger partial charge is 0.467 e. The number of aryl methyl sites for hydroxylation is 1. The summed E-state index contributed by atoms with van der Waals surface area (Å²) in [6.07, 6.45) is 4.38. The summed E-state index contributed by atoms with van der Waals surface area (Å²) in [4.78, 5) is 16.6. The summed E-state index contributed by atoms with van der Waals surface area (Å²) in [5, 5.41) is 7.11. The molecule has 2 saturated heterocycles. The number of fused-ring (bicyclic) bond motifs is 4. The lowest BCUT2D eigenvalue weighted by molar-refractivity contribution is 0.380. The molecule has 0 spiro atoms. The molecule has 6 nitrogen and oxygen atoms in total. The SMILES string of the molecule is COc1nc(N2CC3CCC(C2)N3)c2cnc(-c3cccc4cccc(C)c34)cc2n1. The Bertz CT molecular complexity index is 1290. The highest BCUT2D eigenvalue weighted by molar-refractivity contribution is 6.00. The summed E-state index contributed by atoms with van der Waals surface area (Å²) in [6, 6.07) is 16.3. The molecule has 2 fully saturated rings. The Balaban J connectivity index is 1.51. The van der Waals surface area contributed by atoms with E-state index >= 15 is 0 Å². The lowest BCUT2D eigenvalue weighted by atomic mass is 9.97. The molecule has 31 heavy (non-hydrogen) atoms. The van der Waals surface area contributed by atoms with Gasteiger partial charge in [0.15, 0.2) is 0 Å². The van der Waals surface area contributed by atoms with Crippen LogP contribution in [0.25, 0.3) is 32.9 Å². The van der Waals surface area contributed by atoms with E-state index in [1.54, 1.807) is 7.11 Å². The molecular formula is C25H25N5O.